The lowest BCUT2D eigenvalue weighted by molar-refractivity contribution is -0.274. The van der Waals surface area contributed by atoms with Crippen LogP contribution in [0.15, 0.2) is 41.4 Å². The van der Waals surface area contributed by atoms with E-state index >= 15 is 0 Å². The van der Waals surface area contributed by atoms with Crippen molar-refractivity contribution in [2.75, 3.05) is 0 Å². The number of sulfonamides is 1. The molecule has 11 heteroatoms. The summed E-state index contributed by atoms with van der Waals surface area (Å²) in [6, 6.07) is 5.36. The maximum absolute atomic E-state index is 13.3. The molecule has 2 fully saturated rings. The van der Waals surface area contributed by atoms with E-state index in [2.05, 4.69) is 15.0 Å². The van der Waals surface area contributed by atoms with Gasteiger partial charge in [0, 0.05) is 35.4 Å². The van der Waals surface area contributed by atoms with E-state index in [9.17, 15) is 26.4 Å². The third-order valence-corrected chi connectivity index (χ3v) is 8.41. The Morgan fingerprint density at radius 2 is 1.68 bits per heavy atom. The normalized spacial score (nSPS) is 23.6. The van der Waals surface area contributed by atoms with Gasteiger partial charge in [-0.25, -0.2) is 8.42 Å². The summed E-state index contributed by atoms with van der Waals surface area (Å²) in [5.41, 5.74) is 1.37. The van der Waals surface area contributed by atoms with Crippen LogP contribution in [0.25, 0.3) is 0 Å². The minimum Gasteiger partial charge on any atom is -0.406 e. The van der Waals surface area contributed by atoms with Crippen LogP contribution in [0.2, 0.25) is 0 Å². The Balaban J connectivity index is 1.43. The van der Waals surface area contributed by atoms with E-state index < -0.39 is 22.1 Å². The fourth-order valence-electron chi connectivity index (χ4n) is 4.81. The Hall–Kier alpha value is -2.53. The smallest absolute Gasteiger partial charge is 0.406 e. The van der Waals surface area contributed by atoms with E-state index in [4.69, 9.17) is 0 Å². The molecule has 0 saturated carbocycles. The fourth-order valence-corrected chi connectivity index (χ4v) is 6.70. The zero-order chi connectivity index (χ0) is 24.9. The van der Waals surface area contributed by atoms with Gasteiger partial charge in [0.1, 0.15) is 5.75 Å². The number of aromatic nitrogens is 1. The van der Waals surface area contributed by atoms with Gasteiger partial charge in [-0.3, -0.25) is 4.79 Å². The predicted molar refractivity (Wildman–Crippen MR) is 119 cm³/mol. The van der Waals surface area contributed by atoms with Gasteiger partial charge in [-0.15, -0.1) is 13.2 Å². The summed E-state index contributed by atoms with van der Waals surface area (Å²) in [5, 5.41) is 3.04. The lowest BCUT2D eigenvalue weighted by atomic mass is 9.92. The second-order valence-electron chi connectivity index (χ2n) is 9.93. The Labute approximate surface area is 196 Å². The molecule has 2 atom stereocenters. The minimum atomic E-state index is -4.85. The van der Waals surface area contributed by atoms with Crippen molar-refractivity contribution in [3.8, 4) is 5.75 Å². The number of piperidine rings is 1. The van der Waals surface area contributed by atoms with Gasteiger partial charge < -0.3 is 15.0 Å². The first-order chi connectivity index (χ1) is 15.7. The van der Waals surface area contributed by atoms with Crippen LogP contribution < -0.4 is 10.1 Å². The molecule has 1 amide bonds. The Kier molecular flexibility index (Phi) is 6.22. The number of nitrogens with one attached hydrogen (secondary N) is 2. The van der Waals surface area contributed by atoms with Gasteiger partial charge in [0.2, 0.25) is 10.0 Å². The number of benzene rings is 1. The number of alkyl halides is 3. The quantitative estimate of drug-likeness (QED) is 0.641. The van der Waals surface area contributed by atoms with Crippen molar-refractivity contribution in [2.24, 2.45) is 0 Å². The Bertz CT molecular complexity index is 1140. The highest BCUT2D eigenvalue weighted by Gasteiger charge is 2.47. The van der Waals surface area contributed by atoms with Crippen LogP contribution in [0.3, 0.4) is 0 Å². The monoisotopic (exact) mass is 499 g/mol. The number of fused-ring (bicyclic) bond motifs is 2. The van der Waals surface area contributed by atoms with E-state index in [0.29, 0.717) is 31.2 Å². The number of rotatable bonds is 5. The van der Waals surface area contributed by atoms with Gasteiger partial charge in [-0.2, -0.15) is 4.31 Å². The summed E-state index contributed by atoms with van der Waals surface area (Å²) in [7, 11) is -3.90. The van der Waals surface area contributed by atoms with Crippen LogP contribution >= 0.6 is 0 Å². The molecular weight excluding hydrogens is 471 g/mol. The molecule has 2 saturated heterocycles. The standard InChI is InChI=1S/C23H28F3N3O4S/c1-22(2,3)20-10-14(13-27-20)21(30)28-15-11-16-4-5-17(12-15)29(16)34(31,32)19-8-6-18(7-9-19)33-23(24,25)26/h6-10,13,15-17,27H,4-5,11-12H2,1-3H3,(H,28,30)/t16-,17-/m1/s1. The molecule has 2 aliphatic rings. The summed E-state index contributed by atoms with van der Waals surface area (Å²) in [6.45, 7) is 6.14. The summed E-state index contributed by atoms with van der Waals surface area (Å²) in [6.07, 6.45) is -0.870. The van der Waals surface area contributed by atoms with Crippen molar-refractivity contribution in [1.82, 2.24) is 14.6 Å². The van der Waals surface area contributed by atoms with Gasteiger partial charge in [-0.05, 0) is 56.0 Å². The Morgan fingerprint density at radius 1 is 1.09 bits per heavy atom. The van der Waals surface area contributed by atoms with Gasteiger partial charge in [0.05, 0.1) is 10.5 Å². The van der Waals surface area contributed by atoms with Crippen LogP contribution in [0, 0.1) is 0 Å². The summed E-state index contributed by atoms with van der Waals surface area (Å²) in [5.74, 6) is -0.678. The number of nitrogens with zero attached hydrogens (tertiary/aromatic N) is 1. The molecule has 3 heterocycles. The van der Waals surface area contributed by atoms with Crippen LogP contribution in [-0.2, 0) is 15.4 Å². The molecule has 0 radical (unpaired) electrons. The number of carbonyl (C=O) groups excluding carboxylic acids is 1. The number of aromatic amines is 1. The molecule has 34 heavy (non-hydrogen) atoms. The molecule has 186 valence electrons. The van der Waals surface area contributed by atoms with E-state index in [1.165, 1.54) is 4.31 Å². The zero-order valence-corrected chi connectivity index (χ0v) is 20.0. The second kappa shape index (κ2) is 8.60. The first kappa shape index (κ1) is 24.6. The van der Waals surface area contributed by atoms with Gasteiger partial charge in [0.25, 0.3) is 5.91 Å². The van der Waals surface area contributed by atoms with E-state index in [1.807, 2.05) is 26.8 Å². The summed E-state index contributed by atoms with van der Waals surface area (Å²) >= 11 is 0. The van der Waals surface area contributed by atoms with Gasteiger partial charge in [0.15, 0.2) is 0 Å². The molecule has 0 aliphatic carbocycles. The molecular formula is C23H28F3N3O4S. The molecule has 1 aromatic carbocycles. The summed E-state index contributed by atoms with van der Waals surface area (Å²) in [4.78, 5) is 15.8. The average Bonchev–Trinajstić information content (AvgIpc) is 3.31. The van der Waals surface area contributed by atoms with E-state index in [0.717, 1.165) is 30.0 Å². The molecule has 4 rings (SSSR count). The molecule has 2 N–H and O–H groups in total. The van der Waals surface area contributed by atoms with Crippen molar-refractivity contribution in [3.05, 3.63) is 47.8 Å². The average molecular weight is 500 g/mol. The van der Waals surface area contributed by atoms with Crippen molar-refractivity contribution >= 4 is 15.9 Å². The number of hydrogen-bond acceptors (Lipinski definition) is 4. The van der Waals surface area contributed by atoms with Crippen LogP contribution in [-0.4, -0.2) is 48.1 Å². The molecule has 2 bridgehead atoms. The van der Waals surface area contributed by atoms with Crippen molar-refractivity contribution in [3.63, 3.8) is 0 Å². The zero-order valence-electron chi connectivity index (χ0n) is 19.1. The number of halogens is 3. The van der Waals surface area contributed by atoms with Crippen LogP contribution in [0.1, 0.15) is 62.5 Å². The molecule has 2 aliphatic heterocycles. The maximum atomic E-state index is 13.3. The number of hydrogen-bond donors (Lipinski definition) is 2. The fraction of sp³-hybridized carbons (Fsp3) is 0.522. The highest BCUT2D eigenvalue weighted by molar-refractivity contribution is 7.89. The molecule has 0 unspecified atom stereocenters. The molecule has 2 aromatic rings. The SMILES string of the molecule is CC(C)(C)c1cc(C(=O)NC2C[C@H]3CC[C@H](C2)N3S(=O)(=O)c2ccc(OC(F)(F)F)cc2)c[nH]1. The van der Waals surface area contributed by atoms with E-state index in [1.54, 1.807) is 6.20 Å². The highest BCUT2D eigenvalue weighted by Crippen LogP contribution is 2.40. The first-order valence-corrected chi connectivity index (χ1v) is 12.6. The summed E-state index contributed by atoms with van der Waals surface area (Å²) < 4.78 is 69.0. The predicted octanol–water partition coefficient (Wildman–Crippen LogP) is 4.32. The molecule has 7 nitrogen and oxygen atoms in total. The minimum absolute atomic E-state index is 0.0801. The number of amides is 1. The topological polar surface area (TPSA) is 91.5 Å². The van der Waals surface area contributed by atoms with Crippen molar-refractivity contribution < 1.29 is 31.1 Å². The molecule has 0 spiro atoms. The Morgan fingerprint density at radius 3 is 2.18 bits per heavy atom. The number of H-pyrrole nitrogens is 1. The highest BCUT2D eigenvalue weighted by atomic mass is 32.2. The number of carbonyl (C=O) groups is 1. The number of ether oxygens (including phenoxy) is 1. The van der Waals surface area contributed by atoms with Crippen LogP contribution in [0.5, 0.6) is 5.75 Å². The lowest BCUT2D eigenvalue weighted by Crippen LogP contribution is -2.52. The van der Waals surface area contributed by atoms with E-state index in [-0.39, 0.29) is 34.3 Å². The van der Waals surface area contributed by atoms with Gasteiger partial charge in [-0.1, -0.05) is 20.8 Å². The second-order valence-corrected chi connectivity index (χ2v) is 11.8. The largest absolute Gasteiger partial charge is 0.573 e. The maximum Gasteiger partial charge on any atom is 0.573 e. The van der Waals surface area contributed by atoms with Gasteiger partial charge >= 0.3 is 6.36 Å². The van der Waals surface area contributed by atoms with Crippen molar-refractivity contribution in [2.45, 2.75) is 81.3 Å². The third-order valence-electron chi connectivity index (χ3n) is 6.39. The third kappa shape index (κ3) is 5.10. The lowest BCUT2D eigenvalue weighted by Gasteiger charge is -2.38. The molecule has 1 aromatic heterocycles. The first-order valence-electron chi connectivity index (χ1n) is 11.1. The van der Waals surface area contributed by atoms with Crippen molar-refractivity contribution in [1.29, 1.82) is 0 Å². The van der Waals surface area contributed by atoms with Crippen LogP contribution in [0.4, 0.5) is 13.2 Å².